The molecule has 0 saturated carbocycles. The number of methoxy groups -OCH3 is 2. The SMILES string of the molecule is COc1ccc(OC)c(C2CCCN2C(=O)/C=C/c2ccc(Br)cc2)c1. The Hall–Kier alpha value is -2.27. The maximum atomic E-state index is 12.8. The van der Waals surface area contributed by atoms with Crippen LogP contribution in [0.1, 0.15) is 30.0 Å². The molecule has 2 aromatic carbocycles. The van der Waals surface area contributed by atoms with Gasteiger partial charge >= 0.3 is 0 Å². The van der Waals surface area contributed by atoms with Crippen molar-refractivity contribution < 1.29 is 14.3 Å². The van der Waals surface area contributed by atoms with Crippen LogP contribution in [0, 0.1) is 0 Å². The molecule has 4 nitrogen and oxygen atoms in total. The lowest BCUT2D eigenvalue weighted by Gasteiger charge is -2.25. The number of amides is 1. The molecule has 1 aliphatic heterocycles. The number of nitrogens with zero attached hydrogens (tertiary/aromatic N) is 1. The number of hydrogen-bond donors (Lipinski definition) is 0. The van der Waals surface area contributed by atoms with Crippen LogP contribution in [0.15, 0.2) is 53.0 Å². The van der Waals surface area contributed by atoms with Crippen molar-refractivity contribution in [2.24, 2.45) is 0 Å². The Bertz CT molecular complexity index is 801. The van der Waals surface area contributed by atoms with E-state index in [1.54, 1.807) is 20.3 Å². The molecule has 136 valence electrons. The summed E-state index contributed by atoms with van der Waals surface area (Å²) in [5.74, 6) is 1.57. The van der Waals surface area contributed by atoms with Gasteiger partial charge in [-0.2, -0.15) is 0 Å². The smallest absolute Gasteiger partial charge is 0.247 e. The van der Waals surface area contributed by atoms with Crippen molar-refractivity contribution in [2.45, 2.75) is 18.9 Å². The van der Waals surface area contributed by atoms with E-state index in [4.69, 9.17) is 9.47 Å². The highest BCUT2D eigenvalue weighted by Gasteiger charge is 2.31. The normalized spacial score (nSPS) is 16.9. The van der Waals surface area contributed by atoms with Gasteiger partial charge in [-0.05, 0) is 54.8 Å². The van der Waals surface area contributed by atoms with Crippen LogP contribution in [-0.4, -0.2) is 31.6 Å². The second-order valence-electron chi connectivity index (χ2n) is 6.18. The van der Waals surface area contributed by atoms with Gasteiger partial charge in [0.25, 0.3) is 0 Å². The Morgan fingerprint density at radius 3 is 2.62 bits per heavy atom. The zero-order chi connectivity index (χ0) is 18.5. The van der Waals surface area contributed by atoms with Crippen LogP contribution in [0.3, 0.4) is 0 Å². The molecule has 26 heavy (non-hydrogen) atoms. The van der Waals surface area contributed by atoms with Crippen LogP contribution in [0.2, 0.25) is 0 Å². The second kappa shape index (κ2) is 8.41. The monoisotopic (exact) mass is 415 g/mol. The lowest BCUT2D eigenvalue weighted by atomic mass is 10.0. The average Bonchev–Trinajstić information content (AvgIpc) is 3.16. The molecule has 1 unspecified atom stereocenters. The van der Waals surface area contributed by atoms with Crippen molar-refractivity contribution in [2.75, 3.05) is 20.8 Å². The summed E-state index contributed by atoms with van der Waals surface area (Å²) in [6.45, 7) is 0.745. The Morgan fingerprint density at radius 2 is 1.92 bits per heavy atom. The van der Waals surface area contributed by atoms with Gasteiger partial charge in [-0.25, -0.2) is 0 Å². The molecule has 0 aromatic heterocycles. The molecule has 1 amide bonds. The first-order valence-electron chi connectivity index (χ1n) is 8.58. The molecule has 0 bridgehead atoms. The summed E-state index contributed by atoms with van der Waals surface area (Å²) in [6.07, 6.45) is 5.39. The Morgan fingerprint density at radius 1 is 1.15 bits per heavy atom. The summed E-state index contributed by atoms with van der Waals surface area (Å²) in [4.78, 5) is 14.7. The van der Waals surface area contributed by atoms with Crippen LogP contribution < -0.4 is 9.47 Å². The minimum atomic E-state index is 0.00196. The number of benzene rings is 2. The van der Waals surface area contributed by atoms with E-state index in [1.165, 1.54) is 0 Å². The summed E-state index contributed by atoms with van der Waals surface area (Å²) >= 11 is 3.42. The van der Waals surface area contributed by atoms with Gasteiger partial charge in [0.05, 0.1) is 20.3 Å². The van der Waals surface area contributed by atoms with Gasteiger partial charge < -0.3 is 14.4 Å². The predicted octanol–water partition coefficient (Wildman–Crippen LogP) is 4.84. The van der Waals surface area contributed by atoms with Crippen molar-refractivity contribution in [3.05, 3.63) is 64.1 Å². The summed E-state index contributed by atoms with van der Waals surface area (Å²) in [6, 6.07) is 13.6. The molecular formula is C21H22BrNO3. The van der Waals surface area contributed by atoms with Gasteiger partial charge in [0, 0.05) is 22.7 Å². The Balaban J connectivity index is 1.81. The number of ether oxygens (including phenoxy) is 2. The zero-order valence-corrected chi connectivity index (χ0v) is 16.5. The summed E-state index contributed by atoms with van der Waals surface area (Å²) in [5, 5.41) is 0. The van der Waals surface area contributed by atoms with Crippen LogP contribution in [0.25, 0.3) is 6.08 Å². The number of halogens is 1. The van der Waals surface area contributed by atoms with E-state index in [0.717, 1.165) is 46.5 Å². The highest BCUT2D eigenvalue weighted by molar-refractivity contribution is 9.10. The molecule has 0 aliphatic carbocycles. The molecule has 1 atom stereocenters. The first-order chi connectivity index (χ1) is 12.6. The quantitative estimate of drug-likeness (QED) is 0.655. The summed E-state index contributed by atoms with van der Waals surface area (Å²) < 4.78 is 11.9. The molecular weight excluding hydrogens is 394 g/mol. The van der Waals surface area contributed by atoms with Crippen molar-refractivity contribution in [1.82, 2.24) is 4.90 Å². The predicted molar refractivity (Wildman–Crippen MR) is 106 cm³/mol. The van der Waals surface area contributed by atoms with E-state index >= 15 is 0 Å². The number of hydrogen-bond acceptors (Lipinski definition) is 3. The molecule has 1 aliphatic rings. The van der Waals surface area contributed by atoms with Crippen LogP contribution in [0.4, 0.5) is 0 Å². The third kappa shape index (κ3) is 4.10. The van der Waals surface area contributed by atoms with Crippen molar-refractivity contribution in [3.8, 4) is 11.5 Å². The van der Waals surface area contributed by atoms with Gasteiger partial charge in [-0.3, -0.25) is 4.79 Å². The number of rotatable bonds is 5. The maximum Gasteiger partial charge on any atom is 0.247 e. The third-order valence-electron chi connectivity index (χ3n) is 4.62. The highest BCUT2D eigenvalue weighted by atomic mass is 79.9. The molecule has 1 saturated heterocycles. The lowest BCUT2D eigenvalue weighted by Crippen LogP contribution is -2.29. The van der Waals surface area contributed by atoms with Crippen LogP contribution >= 0.6 is 15.9 Å². The second-order valence-corrected chi connectivity index (χ2v) is 7.10. The molecule has 1 heterocycles. The van der Waals surface area contributed by atoms with Crippen LogP contribution in [-0.2, 0) is 4.79 Å². The van der Waals surface area contributed by atoms with E-state index in [2.05, 4.69) is 15.9 Å². The fraction of sp³-hybridized carbons (Fsp3) is 0.286. The van der Waals surface area contributed by atoms with E-state index in [9.17, 15) is 4.79 Å². The topological polar surface area (TPSA) is 38.8 Å². The van der Waals surface area contributed by atoms with E-state index < -0.39 is 0 Å². The molecule has 2 aromatic rings. The fourth-order valence-electron chi connectivity index (χ4n) is 3.29. The number of likely N-dealkylation sites (tertiary alicyclic amines) is 1. The highest BCUT2D eigenvalue weighted by Crippen LogP contribution is 2.39. The molecule has 0 N–H and O–H groups in total. The molecule has 3 rings (SSSR count). The third-order valence-corrected chi connectivity index (χ3v) is 5.15. The first-order valence-corrected chi connectivity index (χ1v) is 9.38. The van der Waals surface area contributed by atoms with E-state index in [0.29, 0.717) is 0 Å². The average molecular weight is 416 g/mol. The first kappa shape index (κ1) is 18.5. The number of carbonyl (C=O) groups excluding carboxylic acids is 1. The van der Waals surface area contributed by atoms with Crippen molar-refractivity contribution in [1.29, 1.82) is 0 Å². The fourth-order valence-corrected chi connectivity index (χ4v) is 3.56. The van der Waals surface area contributed by atoms with Gasteiger partial charge in [0.2, 0.25) is 5.91 Å². The van der Waals surface area contributed by atoms with Crippen LogP contribution in [0.5, 0.6) is 11.5 Å². The molecule has 1 fully saturated rings. The molecule has 5 heteroatoms. The minimum absolute atomic E-state index is 0.00196. The van der Waals surface area contributed by atoms with Gasteiger partial charge in [0.1, 0.15) is 11.5 Å². The van der Waals surface area contributed by atoms with Crippen molar-refractivity contribution >= 4 is 27.9 Å². The van der Waals surface area contributed by atoms with E-state index in [1.807, 2.05) is 53.4 Å². The Kier molecular flexibility index (Phi) is 5.99. The summed E-state index contributed by atoms with van der Waals surface area (Å²) in [7, 11) is 3.30. The molecule has 0 radical (unpaired) electrons. The zero-order valence-electron chi connectivity index (χ0n) is 14.9. The minimum Gasteiger partial charge on any atom is -0.497 e. The lowest BCUT2D eigenvalue weighted by molar-refractivity contribution is -0.126. The van der Waals surface area contributed by atoms with Gasteiger partial charge in [-0.15, -0.1) is 0 Å². The van der Waals surface area contributed by atoms with Crippen molar-refractivity contribution in [3.63, 3.8) is 0 Å². The number of carbonyl (C=O) groups is 1. The standard InChI is InChI=1S/C21H22BrNO3/c1-25-17-10-11-20(26-2)18(14-17)19-4-3-13-23(19)21(24)12-7-15-5-8-16(22)9-6-15/h5-12,14,19H,3-4,13H2,1-2H3/b12-7+. The van der Waals surface area contributed by atoms with E-state index in [-0.39, 0.29) is 11.9 Å². The maximum absolute atomic E-state index is 12.8. The van der Waals surface area contributed by atoms with Gasteiger partial charge in [0.15, 0.2) is 0 Å². The van der Waals surface area contributed by atoms with Gasteiger partial charge in [-0.1, -0.05) is 28.1 Å². The molecule has 0 spiro atoms. The largest absolute Gasteiger partial charge is 0.497 e. The summed E-state index contributed by atoms with van der Waals surface area (Å²) in [5.41, 5.74) is 1.99. The Labute approximate surface area is 162 Å².